The van der Waals surface area contributed by atoms with Crippen LogP contribution in [0.3, 0.4) is 0 Å². The van der Waals surface area contributed by atoms with Gasteiger partial charge in [0.1, 0.15) is 5.69 Å². The largest absolute Gasteiger partial charge is 0.504 e. The third kappa shape index (κ3) is 2.39. The SMILES string of the molecule is CCCn1nc(C(C)CC)c(O)c1C(C)C. The van der Waals surface area contributed by atoms with E-state index in [1.807, 2.05) is 4.68 Å². The minimum Gasteiger partial charge on any atom is -0.504 e. The van der Waals surface area contributed by atoms with Gasteiger partial charge in [-0.3, -0.25) is 4.68 Å². The molecule has 0 fully saturated rings. The lowest BCUT2D eigenvalue weighted by Crippen LogP contribution is -2.06. The van der Waals surface area contributed by atoms with Crippen LogP contribution in [0.15, 0.2) is 0 Å². The first kappa shape index (κ1) is 13.1. The van der Waals surface area contributed by atoms with E-state index in [2.05, 4.69) is 39.7 Å². The van der Waals surface area contributed by atoms with Crippen molar-refractivity contribution in [1.29, 1.82) is 0 Å². The molecule has 16 heavy (non-hydrogen) atoms. The summed E-state index contributed by atoms with van der Waals surface area (Å²) < 4.78 is 1.97. The van der Waals surface area contributed by atoms with Crippen LogP contribution < -0.4 is 0 Å². The van der Waals surface area contributed by atoms with E-state index in [9.17, 15) is 5.11 Å². The van der Waals surface area contributed by atoms with Gasteiger partial charge < -0.3 is 5.11 Å². The van der Waals surface area contributed by atoms with Gasteiger partial charge in [0.05, 0.1) is 5.69 Å². The van der Waals surface area contributed by atoms with Crippen LogP contribution in [-0.4, -0.2) is 14.9 Å². The predicted octanol–water partition coefficient (Wildman–Crippen LogP) is 3.64. The average Bonchev–Trinajstić information content (AvgIpc) is 2.55. The molecule has 1 aromatic rings. The molecule has 0 radical (unpaired) electrons. The second-order valence-electron chi connectivity index (χ2n) is 4.81. The molecule has 1 atom stereocenters. The maximum Gasteiger partial charge on any atom is 0.160 e. The van der Waals surface area contributed by atoms with Crippen molar-refractivity contribution >= 4 is 0 Å². The molecule has 1 rings (SSSR count). The first-order chi connectivity index (χ1) is 7.52. The van der Waals surface area contributed by atoms with E-state index in [4.69, 9.17) is 0 Å². The molecule has 92 valence electrons. The second kappa shape index (κ2) is 5.37. The molecule has 3 nitrogen and oxygen atoms in total. The molecule has 1 aromatic heterocycles. The summed E-state index contributed by atoms with van der Waals surface area (Å²) >= 11 is 0. The van der Waals surface area contributed by atoms with Crippen LogP contribution >= 0.6 is 0 Å². The van der Waals surface area contributed by atoms with Crippen molar-refractivity contribution in [3.05, 3.63) is 11.4 Å². The molecule has 0 aromatic carbocycles. The number of aromatic hydroxyl groups is 1. The summed E-state index contributed by atoms with van der Waals surface area (Å²) in [6, 6.07) is 0. The highest BCUT2D eigenvalue weighted by Crippen LogP contribution is 2.34. The summed E-state index contributed by atoms with van der Waals surface area (Å²) in [5.74, 6) is 1.06. The minimum absolute atomic E-state index is 0.317. The molecule has 0 aliphatic heterocycles. The normalized spacial score (nSPS) is 13.4. The summed E-state index contributed by atoms with van der Waals surface area (Å²) in [6.07, 6.45) is 2.05. The summed E-state index contributed by atoms with van der Waals surface area (Å²) in [5.41, 5.74) is 1.84. The van der Waals surface area contributed by atoms with Gasteiger partial charge in [-0.1, -0.05) is 34.6 Å². The number of aromatic nitrogens is 2. The van der Waals surface area contributed by atoms with Crippen LogP contribution in [0.2, 0.25) is 0 Å². The van der Waals surface area contributed by atoms with E-state index < -0.39 is 0 Å². The van der Waals surface area contributed by atoms with Crippen LogP contribution in [0.5, 0.6) is 5.75 Å². The van der Waals surface area contributed by atoms with Crippen molar-refractivity contribution in [1.82, 2.24) is 9.78 Å². The van der Waals surface area contributed by atoms with Crippen molar-refractivity contribution in [2.75, 3.05) is 0 Å². The fourth-order valence-corrected chi connectivity index (χ4v) is 1.96. The Labute approximate surface area is 98.5 Å². The molecule has 0 aliphatic carbocycles. The van der Waals surface area contributed by atoms with Crippen LogP contribution in [0.1, 0.15) is 70.7 Å². The zero-order valence-corrected chi connectivity index (χ0v) is 11.1. The monoisotopic (exact) mass is 224 g/mol. The molecule has 0 aliphatic rings. The van der Waals surface area contributed by atoms with Crippen LogP contribution in [0.25, 0.3) is 0 Å². The van der Waals surface area contributed by atoms with Gasteiger partial charge in [0.25, 0.3) is 0 Å². The number of rotatable bonds is 5. The molecule has 1 heterocycles. The van der Waals surface area contributed by atoms with E-state index in [1.165, 1.54) is 0 Å². The van der Waals surface area contributed by atoms with Crippen molar-refractivity contribution in [3.8, 4) is 5.75 Å². The minimum atomic E-state index is 0.317. The lowest BCUT2D eigenvalue weighted by molar-refractivity contribution is 0.448. The summed E-state index contributed by atoms with van der Waals surface area (Å²) in [7, 11) is 0. The van der Waals surface area contributed by atoms with Crippen molar-refractivity contribution in [3.63, 3.8) is 0 Å². The molecular weight excluding hydrogens is 200 g/mol. The van der Waals surface area contributed by atoms with E-state index >= 15 is 0 Å². The summed E-state index contributed by atoms with van der Waals surface area (Å²) in [4.78, 5) is 0. The standard InChI is InChI=1S/C13H24N2O/c1-6-8-15-12(9(3)4)13(16)11(14-15)10(5)7-2/h9-10,16H,6-8H2,1-5H3. The maximum atomic E-state index is 10.2. The zero-order valence-electron chi connectivity index (χ0n) is 11.1. The Kier molecular flexibility index (Phi) is 4.39. The lowest BCUT2D eigenvalue weighted by atomic mass is 10.0. The predicted molar refractivity (Wildman–Crippen MR) is 67.0 cm³/mol. The van der Waals surface area contributed by atoms with Crippen molar-refractivity contribution in [2.45, 2.75) is 65.8 Å². The van der Waals surface area contributed by atoms with Crippen LogP contribution in [-0.2, 0) is 6.54 Å². The average molecular weight is 224 g/mol. The van der Waals surface area contributed by atoms with E-state index in [1.54, 1.807) is 0 Å². The van der Waals surface area contributed by atoms with Gasteiger partial charge in [-0.05, 0) is 18.8 Å². The van der Waals surface area contributed by atoms with Crippen LogP contribution in [0, 0.1) is 0 Å². The van der Waals surface area contributed by atoms with Gasteiger partial charge in [-0.15, -0.1) is 0 Å². The van der Waals surface area contributed by atoms with Gasteiger partial charge >= 0.3 is 0 Å². The molecule has 0 saturated heterocycles. The third-order valence-electron chi connectivity index (χ3n) is 3.05. The highest BCUT2D eigenvalue weighted by atomic mass is 16.3. The Hall–Kier alpha value is -0.990. The Balaban J connectivity index is 3.18. The number of aryl methyl sites for hydroxylation is 1. The zero-order chi connectivity index (χ0) is 12.3. The van der Waals surface area contributed by atoms with Gasteiger partial charge in [0.15, 0.2) is 5.75 Å². The first-order valence-electron chi connectivity index (χ1n) is 6.32. The molecule has 3 heteroatoms. The number of nitrogens with zero attached hydrogens (tertiary/aromatic N) is 2. The van der Waals surface area contributed by atoms with Gasteiger partial charge in [-0.25, -0.2) is 0 Å². The molecule has 0 saturated carbocycles. The van der Waals surface area contributed by atoms with Gasteiger partial charge in [-0.2, -0.15) is 5.10 Å². The highest BCUT2D eigenvalue weighted by molar-refractivity contribution is 5.36. The topological polar surface area (TPSA) is 38.0 Å². The van der Waals surface area contributed by atoms with Crippen LogP contribution in [0.4, 0.5) is 0 Å². The Morgan fingerprint density at radius 3 is 2.31 bits per heavy atom. The molecule has 0 spiro atoms. The fourth-order valence-electron chi connectivity index (χ4n) is 1.96. The Bertz CT molecular complexity index is 342. The quantitative estimate of drug-likeness (QED) is 0.829. The van der Waals surface area contributed by atoms with E-state index in [-0.39, 0.29) is 0 Å². The summed E-state index contributed by atoms with van der Waals surface area (Å²) in [6.45, 7) is 11.5. The fraction of sp³-hybridized carbons (Fsp3) is 0.769. The maximum absolute atomic E-state index is 10.2. The van der Waals surface area contributed by atoms with Gasteiger partial charge in [0, 0.05) is 12.5 Å². The number of hydrogen-bond donors (Lipinski definition) is 1. The molecule has 0 amide bonds. The number of hydrogen-bond acceptors (Lipinski definition) is 2. The Morgan fingerprint density at radius 1 is 1.25 bits per heavy atom. The first-order valence-corrected chi connectivity index (χ1v) is 6.32. The van der Waals surface area contributed by atoms with Crippen molar-refractivity contribution in [2.24, 2.45) is 0 Å². The molecular formula is C13H24N2O. The smallest absolute Gasteiger partial charge is 0.160 e. The van der Waals surface area contributed by atoms with E-state index in [0.29, 0.717) is 17.6 Å². The second-order valence-corrected chi connectivity index (χ2v) is 4.81. The van der Waals surface area contributed by atoms with Gasteiger partial charge in [0.2, 0.25) is 0 Å². The summed E-state index contributed by atoms with van der Waals surface area (Å²) in [5, 5.41) is 14.8. The molecule has 1 N–H and O–H groups in total. The molecule has 1 unspecified atom stereocenters. The van der Waals surface area contributed by atoms with Crippen molar-refractivity contribution < 1.29 is 5.11 Å². The highest BCUT2D eigenvalue weighted by Gasteiger charge is 2.21. The van der Waals surface area contributed by atoms with E-state index in [0.717, 1.165) is 30.8 Å². The Morgan fingerprint density at radius 2 is 1.88 bits per heavy atom. The molecule has 0 bridgehead atoms. The lowest BCUT2D eigenvalue weighted by Gasteiger charge is -2.09. The third-order valence-corrected chi connectivity index (χ3v) is 3.05.